The predicted molar refractivity (Wildman–Crippen MR) is 115 cm³/mol. The molecule has 0 amide bonds. The highest BCUT2D eigenvalue weighted by Gasteiger charge is 2.32. The summed E-state index contributed by atoms with van der Waals surface area (Å²) in [6.07, 6.45) is 0.297. The lowest BCUT2D eigenvalue weighted by Crippen LogP contribution is -2.24. The van der Waals surface area contributed by atoms with Crippen molar-refractivity contribution < 1.29 is 36.5 Å². The molecule has 0 radical (unpaired) electrons. The standard InChI is InChI=1S/C24H30F4O4/c1-7-30-19-12-15(11-18(29-6)20(19)14(2)3)13-24(4,5)21-16(31-22(25)26)9-8-10-17(21)32-23(27)28/h8-12,14,22-23H,7,13H2,1-6H3. The summed E-state index contributed by atoms with van der Waals surface area (Å²) >= 11 is 0. The van der Waals surface area contributed by atoms with Gasteiger partial charge < -0.3 is 18.9 Å². The first kappa shape index (κ1) is 25.6. The first-order valence-electron chi connectivity index (χ1n) is 10.4. The summed E-state index contributed by atoms with van der Waals surface area (Å²) < 4.78 is 72.8. The Balaban J connectivity index is 2.58. The molecule has 32 heavy (non-hydrogen) atoms. The van der Waals surface area contributed by atoms with Crippen LogP contribution in [0.3, 0.4) is 0 Å². The van der Waals surface area contributed by atoms with Crippen molar-refractivity contribution in [3.8, 4) is 23.0 Å². The fourth-order valence-electron chi connectivity index (χ4n) is 3.94. The maximum Gasteiger partial charge on any atom is 0.387 e. The Kier molecular flexibility index (Phi) is 8.64. The van der Waals surface area contributed by atoms with E-state index in [-0.39, 0.29) is 23.0 Å². The van der Waals surface area contributed by atoms with Crippen LogP contribution in [0.15, 0.2) is 30.3 Å². The molecule has 0 saturated heterocycles. The van der Waals surface area contributed by atoms with Crippen molar-refractivity contribution in [3.63, 3.8) is 0 Å². The van der Waals surface area contributed by atoms with Gasteiger partial charge in [-0.1, -0.05) is 33.8 Å². The van der Waals surface area contributed by atoms with Crippen molar-refractivity contribution in [2.24, 2.45) is 0 Å². The van der Waals surface area contributed by atoms with E-state index in [0.29, 0.717) is 24.5 Å². The first-order chi connectivity index (χ1) is 15.0. The van der Waals surface area contributed by atoms with Gasteiger partial charge in [0.25, 0.3) is 0 Å². The van der Waals surface area contributed by atoms with Crippen molar-refractivity contribution in [1.82, 2.24) is 0 Å². The summed E-state index contributed by atoms with van der Waals surface area (Å²) in [6, 6.07) is 7.69. The van der Waals surface area contributed by atoms with Crippen LogP contribution in [0.4, 0.5) is 17.6 Å². The molecular weight excluding hydrogens is 428 g/mol. The topological polar surface area (TPSA) is 36.9 Å². The van der Waals surface area contributed by atoms with Gasteiger partial charge in [-0.15, -0.1) is 0 Å². The fraction of sp³-hybridized carbons (Fsp3) is 0.500. The van der Waals surface area contributed by atoms with E-state index in [1.165, 1.54) is 18.2 Å². The lowest BCUT2D eigenvalue weighted by Gasteiger charge is -2.30. The molecule has 0 saturated carbocycles. The molecule has 0 N–H and O–H groups in total. The molecule has 0 aliphatic rings. The van der Waals surface area contributed by atoms with Crippen molar-refractivity contribution >= 4 is 0 Å². The van der Waals surface area contributed by atoms with Gasteiger partial charge in [0.05, 0.1) is 13.7 Å². The molecule has 0 aliphatic heterocycles. The summed E-state index contributed by atoms with van der Waals surface area (Å²) in [5, 5.41) is 0. The summed E-state index contributed by atoms with van der Waals surface area (Å²) in [7, 11) is 1.56. The van der Waals surface area contributed by atoms with Crippen molar-refractivity contribution in [2.75, 3.05) is 13.7 Å². The largest absolute Gasteiger partial charge is 0.496 e. The van der Waals surface area contributed by atoms with E-state index >= 15 is 0 Å². The highest BCUT2D eigenvalue weighted by molar-refractivity contribution is 5.53. The lowest BCUT2D eigenvalue weighted by atomic mass is 9.77. The van der Waals surface area contributed by atoms with Gasteiger partial charge >= 0.3 is 13.2 Å². The van der Waals surface area contributed by atoms with Gasteiger partial charge in [0.2, 0.25) is 0 Å². The molecule has 8 heteroatoms. The van der Waals surface area contributed by atoms with Gasteiger partial charge in [0.1, 0.15) is 23.0 Å². The lowest BCUT2D eigenvalue weighted by molar-refractivity contribution is -0.0564. The van der Waals surface area contributed by atoms with Crippen LogP contribution >= 0.6 is 0 Å². The average molecular weight is 458 g/mol. The molecule has 0 atom stereocenters. The Hall–Kier alpha value is -2.64. The van der Waals surface area contributed by atoms with E-state index in [0.717, 1.165) is 11.1 Å². The predicted octanol–water partition coefficient (Wildman–Crippen LogP) is 6.94. The molecule has 2 rings (SSSR count). The minimum absolute atomic E-state index is 0.130. The maximum absolute atomic E-state index is 13.0. The summed E-state index contributed by atoms with van der Waals surface area (Å²) in [5.74, 6) is 1.02. The summed E-state index contributed by atoms with van der Waals surface area (Å²) in [4.78, 5) is 0. The van der Waals surface area contributed by atoms with E-state index in [1.54, 1.807) is 21.0 Å². The number of rotatable bonds is 11. The molecule has 0 spiro atoms. The van der Waals surface area contributed by atoms with Crippen LogP contribution in [0.2, 0.25) is 0 Å². The molecule has 0 aromatic heterocycles. The van der Waals surface area contributed by atoms with Crippen molar-refractivity contribution in [2.45, 2.75) is 65.6 Å². The second-order valence-electron chi connectivity index (χ2n) is 8.24. The number of alkyl halides is 4. The van der Waals surface area contributed by atoms with Crippen molar-refractivity contribution in [1.29, 1.82) is 0 Å². The zero-order valence-corrected chi connectivity index (χ0v) is 19.2. The van der Waals surface area contributed by atoms with Gasteiger partial charge in [-0.25, -0.2) is 0 Å². The summed E-state index contributed by atoms with van der Waals surface area (Å²) in [5.41, 5.74) is 0.919. The third-order valence-electron chi connectivity index (χ3n) is 5.00. The Bertz CT molecular complexity index is 870. The Morgan fingerprint density at radius 3 is 1.84 bits per heavy atom. The second kappa shape index (κ2) is 10.8. The minimum Gasteiger partial charge on any atom is -0.496 e. The van der Waals surface area contributed by atoms with Gasteiger partial charge in [0.15, 0.2) is 0 Å². The third-order valence-corrected chi connectivity index (χ3v) is 5.00. The number of ether oxygens (including phenoxy) is 4. The van der Waals surface area contributed by atoms with E-state index in [9.17, 15) is 17.6 Å². The fourth-order valence-corrected chi connectivity index (χ4v) is 3.94. The Morgan fingerprint density at radius 2 is 1.41 bits per heavy atom. The smallest absolute Gasteiger partial charge is 0.387 e. The Morgan fingerprint density at radius 1 is 0.875 bits per heavy atom. The van der Waals surface area contributed by atoms with Crippen LogP contribution in [0.1, 0.15) is 57.2 Å². The monoisotopic (exact) mass is 458 g/mol. The van der Waals surface area contributed by atoms with Gasteiger partial charge in [-0.05, 0) is 49.1 Å². The minimum atomic E-state index is -3.11. The molecule has 4 nitrogen and oxygen atoms in total. The van der Waals surface area contributed by atoms with Crippen LogP contribution in [-0.2, 0) is 11.8 Å². The normalized spacial score (nSPS) is 11.9. The molecule has 0 heterocycles. The van der Waals surface area contributed by atoms with E-state index < -0.39 is 18.6 Å². The van der Waals surface area contributed by atoms with Crippen LogP contribution in [0.25, 0.3) is 0 Å². The summed E-state index contributed by atoms with van der Waals surface area (Å²) in [6.45, 7) is 3.66. The van der Waals surface area contributed by atoms with Gasteiger partial charge in [0, 0.05) is 16.5 Å². The van der Waals surface area contributed by atoms with Crippen LogP contribution in [0.5, 0.6) is 23.0 Å². The molecule has 0 aliphatic carbocycles. The molecule has 0 fully saturated rings. The average Bonchev–Trinajstić information content (AvgIpc) is 2.66. The highest BCUT2D eigenvalue weighted by atomic mass is 19.3. The quantitative estimate of drug-likeness (QED) is 0.342. The second-order valence-corrected chi connectivity index (χ2v) is 8.24. The third kappa shape index (κ3) is 6.20. The van der Waals surface area contributed by atoms with Crippen LogP contribution in [-0.4, -0.2) is 26.9 Å². The van der Waals surface area contributed by atoms with Gasteiger partial charge in [-0.3, -0.25) is 0 Å². The molecular formula is C24H30F4O4. The van der Waals surface area contributed by atoms with E-state index in [1.807, 2.05) is 32.9 Å². The molecule has 178 valence electrons. The first-order valence-corrected chi connectivity index (χ1v) is 10.4. The van der Waals surface area contributed by atoms with Crippen LogP contribution < -0.4 is 18.9 Å². The number of hydrogen-bond acceptors (Lipinski definition) is 4. The number of halogens is 4. The SMILES string of the molecule is CCOc1cc(CC(C)(C)c2c(OC(F)F)cccc2OC(F)F)cc(OC)c1C(C)C. The van der Waals surface area contributed by atoms with E-state index in [4.69, 9.17) is 9.47 Å². The van der Waals surface area contributed by atoms with Crippen LogP contribution in [0, 0.1) is 0 Å². The molecule has 2 aromatic carbocycles. The maximum atomic E-state index is 13.0. The zero-order valence-electron chi connectivity index (χ0n) is 19.2. The highest BCUT2D eigenvalue weighted by Crippen LogP contribution is 2.44. The van der Waals surface area contributed by atoms with Gasteiger partial charge in [-0.2, -0.15) is 17.6 Å². The number of hydrogen-bond donors (Lipinski definition) is 0. The molecule has 2 aromatic rings. The molecule has 0 bridgehead atoms. The van der Waals surface area contributed by atoms with E-state index in [2.05, 4.69) is 9.47 Å². The zero-order chi connectivity index (χ0) is 24.1. The van der Waals surface area contributed by atoms with Crippen molar-refractivity contribution in [3.05, 3.63) is 47.0 Å². The Labute approximate surface area is 186 Å². The number of methoxy groups -OCH3 is 1. The molecule has 0 unspecified atom stereocenters. The number of benzene rings is 2.